The molecule has 3 rings (SSSR count). The first kappa shape index (κ1) is 18.2. The van der Waals surface area contributed by atoms with E-state index in [1.807, 2.05) is 43.5 Å². The van der Waals surface area contributed by atoms with E-state index in [0.29, 0.717) is 12.3 Å². The van der Waals surface area contributed by atoms with Crippen molar-refractivity contribution in [1.29, 1.82) is 0 Å². The number of hydrogen-bond acceptors (Lipinski definition) is 4. The van der Waals surface area contributed by atoms with E-state index in [2.05, 4.69) is 9.82 Å². The number of aryl methyl sites for hydroxylation is 1. The maximum absolute atomic E-state index is 12.4. The lowest BCUT2D eigenvalue weighted by atomic mass is 10.1. The van der Waals surface area contributed by atoms with E-state index in [4.69, 9.17) is 4.74 Å². The van der Waals surface area contributed by atoms with Gasteiger partial charge in [0.15, 0.2) is 0 Å². The van der Waals surface area contributed by atoms with Gasteiger partial charge < -0.3 is 4.74 Å². The third kappa shape index (κ3) is 4.12. The van der Waals surface area contributed by atoms with Crippen molar-refractivity contribution in [3.05, 3.63) is 66.5 Å². The summed E-state index contributed by atoms with van der Waals surface area (Å²) in [5.41, 5.74) is 2.85. The van der Waals surface area contributed by atoms with Crippen LogP contribution in [0.1, 0.15) is 5.56 Å². The molecule has 2 aromatic carbocycles. The zero-order valence-corrected chi connectivity index (χ0v) is 15.5. The van der Waals surface area contributed by atoms with Gasteiger partial charge in [0, 0.05) is 18.3 Å². The summed E-state index contributed by atoms with van der Waals surface area (Å²) in [5.74, 6) is 0.661. The van der Waals surface area contributed by atoms with Crippen LogP contribution in [0.4, 0.5) is 0 Å². The number of rotatable bonds is 7. The minimum Gasteiger partial charge on any atom is -0.496 e. The van der Waals surface area contributed by atoms with E-state index < -0.39 is 10.0 Å². The van der Waals surface area contributed by atoms with Crippen molar-refractivity contribution in [3.8, 4) is 16.9 Å². The second-order valence-corrected chi connectivity index (χ2v) is 7.65. The number of aromatic nitrogens is 2. The van der Waals surface area contributed by atoms with Gasteiger partial charge in [-0.05, 0) is 36.2 Å². The summed E-state index contributed by atoms with van der Waals surface area (Å²) in [5, 5.41) is 4.29. The Morgan fingerprint density at radius 1 is 1.12 bits per heavy atom. The number of ether oxygens (including phenoxy) is 1. The Balaban J connectivity index is 1.62. The van der Waals surface area contributed by atoms with Gasteiger partial charge in [0.2, 0.25) is 10.0 Å². The highest BCUT2D eigenvalue weighted by Gasteiger charge is 2.15. The Labute approximate surface area is 153 Å². The SMILES string of the molecule is COc1ccc(S(=O)(=O)NCCn2cc(-c3ccccc3)cn2)cc1C. The molecule has 0 unspecified atom stereocenters. The molecule has 3 aromatic rings. The van der Waals surface area contributed by atoms with Crippen LogP contribution in [0.2, 0.25) is 0 Å². The minimum absolute atomic E-state index is 0.223. The van der Waals surface area contributed by atoms with Crippen LogP contribution in [0.5, 0.6) is 5.75 Å². The molecule has 0 spiro atoms. The topological polar surface area (TPSA) is 73.2 Å². The Kier molecular flexibility index (Phi) is 5.39. The normalized spacial score (nSPS) is 11.5. The molecule has 136 valence electrons. The Bertz CT molecular complexity index is 982. The van der Waals surface area contributed by atoms with E-state index in [9.17, 15) is 8.42 Å². The van der Waals surface area contributed by atoms with Crippen LogP contribution >= 0.6 is 0 Å². The number of nitrogens with zero attached hydrogens (tertiary/aromatic N) is 2. The van der Waals surface area contributed by atoms with Gasteiger partial charge in [-0.3, -0.25) is 4.68 Å². The Morgan fingerprint density at radius 3 is 2.58 bits per heavy atom. The molecule has 0 bridgehead atoms. The van der Waals surface area contributed by atoms with Crippen LogP contribution in [0.3, 0.4) is 0 Å². The smallest absolute Gasteiger partial charge is 0.240 e. The summed E-state index contributed by atoms with van der Waals surface area (Å²) >= 11 is 0. The number of nitrogens with one attached hydrogen (secondary N) is 1. The standard InChI is InChI=1S/C19H21N3O3S/c1-15-12-18(8-9-19(15)25-2)26(23,24)21-10-11-22-14-17(13-20-22)16-6-4-3-5-7-16/h3-9,12-14,21H,10-11H2,1-2H3. The quantitative estimate of drug-likeness (QED) is 0.693. The van der Waals surface area contributed by atoms with Crippen LogP contribution < -0.4 is 9.46 Å². The molecule has 26 heavy (non-hydrogen) atoms. The van der Waals surface area contributed by atoms with Crippen molar-refractivity contribution in [2.45, 2.75) is 18.4 Å². The minimum atomic E-state index is -3.57. The molecule has 0 amide bonds. The fourth-order valence-corrected chi connectivity index (χ4v) is 3.77. The molecule has 1 aromatic heterocycles. The molecule has 7 heteroatoms. The third-order valence-corrected chi connectivity index (χ3v) is 5.51. The predicted molar refractivity (Wildman–Crippen MR) is 101 cm³/mol. The molecule has 0 saturated heterocycles. The zero-order valence-electron chi connectivity index (χ0n) is 14.7. The average molecular weight is 371 g/mol. The number of benzene rings is 2. The molecule has 1 N–H and O–H groups in total. The van der Waals surface area contributed by atoms with Gasteiger partial charge in [-0.1, -0.05) is 30.3 Å². The largest absolute Gasteiger partial charge is 0.496 e. The van der Waals surface area contributed by atoms with Crippen LogP contribution in [0.15, 0.2) is 65.8 Å². The van der Waals surface area contributed by atoms with Crippen molar-refractivity contribution in [2.75, 3.05) is 13.7 Å². The first-order valence-electron chi connectivity index (χ1n) is 8.22. The number of hydrogen-bond donors (Lipinski definition) is 1. The van der Waals surface area contributed by atoms with Crippen molar-refractivity contribution >= 4 is 10.0 Å². The summed E-state index contributed by atoms with van der Waals surface area (Å²) in [6.07, 6.45) is 3.68. The lowest BCUT2D eigenvalue weighted by Gasteiger charge is -2.09. The van der Waals surface area contributed by atoms with Crippen molar-refractivity contribution < 1.29 is 13.2 Å². The van der Waals surface area contributed by atoms with Gasteiger partial charge in [0.05, 0.1) is 24.7 Å². The highest BCUT2D eigenvalue weighted by Crippen LogP contribution is 2.21. The monoisotopic (exact) mass is 371 g/mol. The molecular formula is C19H21N3O3S. The molecule has 0 aliphatic rings. The Hall–Kier alpha value is -2.64. The van der Waals surface area contributed by atoms with Gasteiger partial charge in [0.1, 0.15) is 5.75 Å². The van der Waals surface area contributed by atoms with Gasteiger partial charge in [-0.2, -0.15) is 5.10 Å². The number of methoxy groups -OCH3 is 1. The van der Waals surface area contributed by atoms with Gasteiger partial charge in [0.25, 0.3) is 0 Å². The molecule has 0 fully saturated rings. The van der Waals surface area contributed by atoms with Crippen molar-refractivity contribution in [2.24, 2.45) is 0 Å². The first-order chi connectivity index (χ1) is 12.5. The maximum atomic E-state index is 12.4. The highest BCUT2D eigenvalue weighted by molar-refractivity contribution is 7.89. The summed E-state index contributed by atoms with van der Waals surface area (Å²) in [7, 11) is -2.01. The van der Waals surface area contributed by atoms with E-state index >= 15 is 0 Å². The second kappa shape index (κ2) is 7.72. The fraction of sp³-hybridized carbons (Fsp3) is 0.211. The van der Waals surface area contributed by atoms with Crippen LogP contribution in [0.25, 0.3) is 11.1 Å². The van der Waals surface area contributed by atoms with Gasteiger partial charge in [-0.15, -0.1) is 0 Å². The van der Waals surface area contributed by atoms with Gasteiger partial charge in [-0.25, -0.2) is 13.1 Å². The van der Waals surface area contributed by atoms with Crippen molar-refractivity contribution in [3.63, 3.8) is 0 Å². The molecular weight excluding hydrogens is 350 g/mol. The fourth-order valence-electron chi connectivity index (χ4n) is 2.66. The lowest BCUT2D eigenvalue weighted by molar-refractivity contribution is 0.411. The molecule has 0 radical (unpaired) electrons. The van der Waals surface area contributed by atoms with Crippen molar-refractivity contribution in [1.82, 2.24) is 14.5 Å². The summed E-state index contributed by atoms with van der Waals surface area (Å²) in [6, 6.07) is 14.7. The predicted octanol–water partition coefficient (Wildman–Crippen LogP) is 2.85. The molecule has 0 atom stereocenters. The van der Waals surface area contributed by atoms with E-state index in [0.717, 1.165) is 16.7 Å². The van der Waals surface area contributed by atoms with Crippen LogP contribution in [-0.4, -0.2) is 31.9 Å². The zero-order chi connectivity index (χ0) is 18.6. The molecule has 0 aliphatic heterocycles. The number of sulfonamides is 1. The average Bonchev–Trinajstić information content (AvgIpc) is 3.11. The Morgan fingerprint density at radius 2 is 1.88 bits per heavy atom. The lowest BCUT2D eigenvalue weighted by Crippen LogP contribution is -2.27. The summed E-state index contributed by atoms with van der Waals surface area (Å²) in [4.78, 5) is 0.223. The maximum Gasteiger partial charge on any atom is 0.240 e. The summed E-state index contributed by atoms with van der Waals surface area (Å²) in [6.45, 7) is 2.51. The van der Waals surface area contributed by atoms with E-state index in [-0.39, 0.29) is 11.4 Å². The van der Waals surface area contributed by atoms with Gasteiger partial charge >= 0.3 is 0 Å². The highest BCUT2D eigenvalue weighted by atomic mass is 32.2. The van der Waals surface area contributed by atoms with E-state index in [1.165, 1.54) is 6.07 Å². The van der Waals surface area contributed by atoms with Crippen LogP contribution in [0, 0.1) is 6.92 Å². The first-order valence-corrected chi connectivity index (χ1v) is 9.70. The third-order valence-electron chi connectivity index (χ3n) is 4.05. The molecule has 0 aliphatic carbocycles. The summed E-state index contributed by atoms with van der Waals surface area (Å²) < 4.78 is 34.3. The second-order valence-electron chi connectivity index (χ2n) is 5.89. The van der Waals surface area contributed by atoms with E-state index in [1.54, 1.807) is 30.1 Å². The molecule has 6 nitrogen and oxygen atoms in total. The van der Waals surface area contributed by atoms with Crippen LogP contribution in [-0.2, 0) is 16.6 Å². The molecule has 0 saturated carbocycles. The molecule has 1 heterocycles.